The van der Waals surface area contributed by atoms with Gasteiger partial charge in [0.05, 0.1) is 11.7 Å². The Morgan fingerprint density at radius 2 is 1.86 bits per heavy atom. The van der Waals surface area contributed by atoms with E-state index in [1.54, 1.807) is 43.4 Å². The Kier molecular flexibility index (Phi) is 7.19. The molecule has 1 amide bonds. The highest BCUT2D eigenvalue weighted by molar-refractivity contribution is 5.91. The van der Waals surface area contributed by atoms with E-state index in [0.29, 0.717) is 24.5 Å². The second-order valence-corrected chi connectivity index (χ2v) is 6.92. The van der Waals surface area contributed by atoms with E-state index in [4.69, 9.17) is 14.2 Å². The fourth-order valence-corrected chi connectivity index (χ4v) is 2.92. The van der Waals surface area contributed by atoms with Gasteiger partial charge in [-0.3, -0.25) is 4.79 Å². The van der Waals surface area contributed by atoms with Crippen molar-refractivity contribution in [3.8, 4) is 5.75 Å². The lowest BCUT2D eigenvalue weighted by Gasteiger charge is -2.17. The van der Waals surface area contributed by atoms with Gasteiger partial charge in [-0.15, -0.1) is 0 Å². The summed E-state index contributed by atoms with van der Waals surface area (Å²) < 4.78 is 29.2. The van der Waals surface area contributed by atoms with Gasteiger partial charge in [0.15, 0.2) is 6.61 Å². The van der Waals surface area contributed by atoms with E-state index < -0.39 is 5.97 Å². The molecule has 7 heteroatoms. The van der Waals surface area contributed by atoms with Crippen LogP contribution in [0.15, 0.2) is 48.5 Å². The molecule has 0 saturated carbocycles. The summed E-state index contributed by atoms with van der Waals surface area (Å²) in [7, 11) is 1.60. The lowest BCUT2D eigenvalue weighted by molar-refractivity contribution is -0.133. The van der Waals surface area contributed by atoms with Gasteiger partial charge in [-0.2, -0.15) is 0 Å². The van der Waals surface area contributed by atoms with Crippen LogP contribution in [0.25, 0.3) is 0 Å². The van der Waals surface area contributed by atoms with Crippen molar-refractivity contribution in [3.63, 3.8) is 0 Å². The predicted octanol–water partition coefficient (Wildman–Crippen LogP) is 3.20. The molecule has 1 aliphatic heterocycles. The van der Waals surface area contributed by atoms with Crippen LogP contribution in [-0.4, -0.2) is 49.7 Å². The van der Waals surface area contributed by atoms with Gasteiger partial charge >= 0.3 is 5.97 Å². The Balaban J connectivity index is 1.43. The maximum Gasteiger partial charge on any atom is 0.338 e. The minimum atomic E-state index is -0.584. The molecule has 29 heavy (non-hydrogen) atoms. The van der Waals surface area contributed by atoms with Crippen molar-refractivity contribution < 1.29 is 28.2 Å². The number of hydrogen-bond acceptors (Lipinski definition) is 5. The summed E-state index contributed by atoms with van der Waals surface area (Å²) >= 11 is 0. The van der Waals surface area contributed by atoms with Crippen molar-refractivity contribution in [2.45, 2.75) is 25.5 Å². The van der Waals surface area contributed by atoms with Gasteiger partial charge in [0.25, 0.3) is 5.91 Å². The molecule has 1 unspecified atom stereocenters. The lowest BCUT2D eigenvalue weighted by atomic mass is 10.2. The van der Waals surface area contributed by atoms with Crippen LogP contribution < -0.4 is 4.74 Å². The topological polar surface area (TPSA) is 65.1 Å². The third-order valence-corrected chi connectivity index (χ3v) is 4.64. The van der Waals surface area contributed by atoms with Crippen LogP contribution in [0.5, 0.6) is 5.75 Å². The number of esters is 1. The number of carbonyl (C=O) groups excluding carboxylic acids is 2. The molecule has 6 nitrogen and oxygen atoms in total. The molecule has 0 bridgehead atoms. The molecule has 2 aromatic rings. The lowest BCUT2D eigenvalue weighted by Crippen LogP contribution is -2.30. The average molecular weight is 401 g/mol. The zero-order valence-electron chi connectivity index (χ0n) is 16.3. The van der Waals surface area contributed by atoms with Crippen LogP contribution in [-0.2, 0) is 20.8 Å². The van der Waals surface area contributed by atoms with E-state index >= 15 is 0 Å². The first-order chi connectivity index (χ1) is 14.0. The first-order valence-electron chi connectivity index (χ1n) is 9.51. The van der Waals surface area contributed by atoms with Crippen LogP contribution in [0.4, 0.5) is 4.39 Å². The number of likely N-dealkylation sites (N-methyl/N-ethyl adjacent to an activating group) is 1. The number of halogens is 1. The van der Waals surface area contributed by atoms with Crippen molar-refractivity contribution in [2.24, 2.45) is 0 Å². The molecule has 3 rings (SSSR count). The van der Waals surface area contributed by atoms with E-state index in [-0.39, 0.29) is 24.4 Å². The van der Waals surface area contributed by atoms with Crippen LogP contribution in [0.2, 0.25) is 0 Å². The molecular formula is C22H24FNO5. The number of ether oxygens (including phenoxy) is 3. The largest absolute Gasteiger partial charge is 0.491 e. The molecule has 2 aromatic carbocycles. The molecule has 0 spiro atoms. The molecule has 0 radical (unpaired) electrons. The van der Waals surface area contributed by atoms with Gasteiger partial charge in [0.1, 0.15) is 18.2 Å². The van der Waals surface area contributed by atoms with Gasteiger partial charge in [-0.1, -0.05) is 12.1 Å². The van der Waals surface area contributed by atoms with Crippen LogP contribution in [0.1, 0.15) is 28.8 Å². The smallest absolute Gasteiger partial charge is 0.338 e. The van der Waals surface area contributed by atoms with Crippen LogP contribution >= 0.6 is 0 Å². The molecule has 0 aliphatic carbocycles. The number of amides is 1. The average Bonchev–Trinajstić information content (AvgIpc) is 3.26. The van der Waals surface area contributed by atoms with E-state index in [9.17, 15) is 14.0 Å². The Bertz CT molecular complexity index is 816. The van der Waals surface area contributed by atoms with Crippen LogP contribution in [0.3, 0.4) is 0 Å². The first kappa shape index (κ1) is 20.8. The Morgan fingerprint density at radius 3 is 2.52 bits per heavy atom. The van der Waals surface area contributed by atoms with Crippen LogP contribution in [0, 0.1) is 5.82 Å². The van der Waals surface area contributed by atoms with E-state index in [1.165, 1.54) is 17.0 Å². The Morgan fingerprint density at radius 1 is 1.14 bits per heavy atom. The zero-order chi connectivity index (χ0) is 20.6. The third kappa shape index (κ3) is 6.29. The SMILES string of the molecule is CN(Cc1ccc(F)cc1)C(=O)COC(=O)c1ccc(OCC2CCCO2)cc1. The minimum absolute atomic E-state index is 0.123. The maximum atomic E-state index is 12.9. The number of nitrogens with zero attached hydrogens (tertiary/aromatic N) is 1. The summed E-state index contributed by atoms with van der Waals surface area (Å²) in [6, 6.07) is 12.5. The molecule has 1 saturated heterocycles. The number of benzene rings is 2. The third-order valence-electron chi connectivity index (χ3n) is 4.64. The molecular weight excluding hydrogens is 377 g/mol. The summed E-state index contributed by atoms with van der Waals surface area (Å²) in [5.41, 5.74) is 1.12. The first-order valence-corrected chi connectivity index (χ1v) is 9.51. The highest BCUT2D eigenvalue weighted by atomic mass is 19.1. The van der Waals surface area contributed by atoms with Gasteiger partial charge in [-0.25, -0.2) is 9.18 Å². The quantitative estimate of drug-likeness (QED) is 0.636. The zero-order valence-corrected chi connectivity index (χ0v) is 16.3. The fourth-order valence-electron chi connectivity index (χ4n) is 2.92. The van der Waals surface area contributed by atoms with Crippen molar-refractivity contribution in [1.82, 2.24) is 4.90 Å². The van der Waals surface area contributed by atoms with Crippen molar-refractivity contribution in [2.75, 3.05) is 26.9 Å². The predicted molar refractivity (Wildman–Crippen MR) is 104 cm³/mol. The van der Waals surface area contributed by atoms with Gasteiger partial charge in [0, 0.05) is 20.2 Å². The van der Waals surface area contributed by atoms with Gasteiger partial charge in [0.2, 0.25) is 0 Å². The summed E-state index contributed by atoms with van der Waals surface area (Å²) in [4.78, 5) is 25.7. The molecule has 0 aromatic heterocycles. The standard InChI is InChI=1S/C22H24FNO5/c1-24(13-16-4-8-18(23)9-5-16)21(25)15-29-22(26)17-6-10-19(11-7-17)28-14-20-3-2-12-27-20/h4-11,20H,2-3,12-15H2,1H3. The summed E-state index contributed by atoms with van der Waals surface area (Å²) in [6.45, 7) is 1.19. The molecule has 1 aliphatic rings. The normalized spacial score (nSPS) is 15.7. The van der Waals surface area contributed by atoms with Gasteiger partial charge in [-0.05, 0) is 54.8 Å². The highest BCUT2D eigenvalue weighted by Gasteiger charge is 2.17. The van der Waals surface area contributed by atoms with Crippen molar-refractivity contribution in [1.29, 1.82) is 0 Å². The number of rotatable bonds is 8. The molecule has 1 atom stereocenters. The van der Waals surface area contributed by atoms with Crippen molar-refractivity contribution in [3.05, 3.63) is 65.5 Å². The monoisotopic (exact) mass is 401 g/mol. The second kappa shape index (κ2) is 10.0. The fraction of sp³-hybridized carbons (Fsp3) is 0.364. The maximum absolute atomic E-state index is 12.9. The van der Waals surface area contributed by atoms with E-state index in [0.717, 1.165) is 25.0 Å². The molecule has 1 fully saturated rings. The Hall–Kier alpha value is -2.93. The number of carbonyl (C=O) groups is 2. The van der Waals surface area contributed by atoms with Crippen molar-refractivity contribution >= 4 is 11.9 Å². The minimum Gasteiger partial charge on any atom is -0.491 e. The summed E-state index contributed by atoms with van der Waals surface area (Å²) in [5.74, 6) is -0.620. The van der Waals surface area contributed by atoms with Gasteiger partial charge < -0.3 is 19.1 Å². The van der Waals surface area contributed by atoms with E-state index in [1.807, 2.05) is 0 Å². The summed E-state index contributed by atoms with van der Waals surface area (Å²) in [5, 5.41) is 0. The molecule has 0 N–H and O–H groups in total. The molecule has 1 heterocycles. The molecule has 154 valence electrons. The highest BCUT2D eigenvalue weighted by Crippen LogP contribution is 2.17. The number of hydrogen-bond donors (Lipinski definition) is 0. The summed E-state index contributed by atoms with van der Waals surface area (Å²) in [6.07, 6.45) is 2.17. The van der Waals surface area contributed by atoms with E-state index in [2.05, 4.69) is 0 Å². The second-order valence-electron chi connectivity index (χ2n) is 6.92. The Labute approximate surface area is 169 Å².